The van der Waals surface area contributed by atoms with E-state index in [4.69, 9.17) is 0 Å². The second-order valence-electron chi connectivity index (χ2n) is 6.79. The monoisotopic (exact) mass is 368 g/mol. The van der Waals surface area contributed by atoms with E-state index in [0.29, 0.717) is 0 Å². The lowest BCUT2D eigenvalue weighted by molar-refractivity contribution is 0.101. The Morgan fingerprint density at radius 1 is 0.920 bits per heavy atom. The summed E-state index contributed by atoms with van der Waals surface area (Å²) in [6, 6.07) is 4.61. The first kappa shape index (κ1) is 21.8. The topological polar surface area (TPSA) is 71.4 Å². The molecule has 5 heteroatoms. The molecule has 1 aromatic carbocycles. The van der Waals surface area contributed by atoms with Crippen molar-refractivity contribution in [1.82, 2.24) is 0 Å². The summed E-state index contributed by atoms with van der Waals surface area (Å²) in [4.78, 5) is 11.3. The van der Waals surface area contributed by atoms with E-state index in [-0.39, 0.29) is 16.2 Å². The van der Waals surface area contributed by atoms with Crippen LogP contribution < -0.4 is 0 Å². The summed E-state index contributed by atoms with van der Waals surface area (Å²) in [6.07, 6.45) is 13.5. The Bertz CT molecular complexity index is 635. The van der Waals surface area contributed by atoms with Crippen LogP contribution in [0.4, 0.5) is 0 Å². The molecule has 0 amide bonds. The highest BCUT2D eigenvalue weighted by Gasteiger charge is 2.18. The second kappa shape index (κ2) is 11.4. The molecule has 1 aromatic rings. The van der Waals surface area contributed by atoms with Gasteiger partial charge in [0.1, 0.15) is 4.90 Å². The summed E-state index contributed by atoms with van der Waals surface area (Å²) in [5.74, 6) is -0.349. The molecule has 0 bridgehead atoms. The van der Waals surface area contributed by atoms with E-state index in [9.17, 15) is 17.8 Å². The number of carbonyl (C=O) groups excluding carboxylic acids is 1. The molecule has 1 rings (SSSR count). The van der Waals surface area contributed by atoms with Crippen molar-refractivity contribution in [1.29, 1.82) is 0 Å². The predicted octanol–water partition coefficient (Wildman–Crippen LogP) is 5.60. The number of rotatable bonds is 13. The van der Waals surface area contributed by atoms with Crippen molar-refractivity contribution in [3.8, 4) is 0 Å². The minimum absolute atomic E-state index is 0.0760. The Morgan fingerprint density at radius 2 is 1.44 bits per heavy atom. The summed E-state index contributed by atoms with van der Waals surface area (Å²) in [7, 11) is -4.36. The van der Waals surface area contributed by atoms with Gasteiger partial charge < -0.3 is 0 Å². The van der Waals surface area contributed by atoms with Crippen molar-refractivity contribution in [2.45, 2.75) is 89.4 Å². The summed E-state index contributed by atoms with van der Waals surface area (Å²) in [5, 5.41) is 0. The molecule has 0 heterocycles. The number of hydrogen-bond acceptors (Lipinski definition) is 3. The standard InChI is InChI=1S/C20H32O4S/c1-3-4-5-6-7-8-9-10-11-12-13-18-14-15-20(25(22,23)24)19(16-18)17(2)21/h14-16H,3-13H2,1-2H3,(H,22,23,24). The molecule has 0 atom stereocenters. The van der Waals surface area contributed by atoms with Crippen molar-refractivity contribution in [2.24, 2.45) is 0 Å². The van der Waals surface area contributed by atoms with Gasteiger partial charge in [-0.15, -0.1) is 0 Å². The highest BCUT2D eigenvalue weighted by molar-refractivity contribution is 7.86. The van der Waals surface area contributed by atoms with Crippen LogP contribution in [0.15, 0.2) is 23.1 Å². The summed E-state index contributed by atoms with van der Waals surface area (Å²) >= 11 is 0. The molecule has 0 aromatic heterocycles. The molecule has 0 saturated heterocycles. The van der Waals surface area contributed by atoms with Crippen LogP contribution >= 0.6 is 0 Å². The molecule has 0 radical (unpaired) electrons. The van der Waals surface area contributed by atoms with E-state index in [0.717, 1.165) is 24.8 Å². The molecular weight excluding hydrogens is 336 g/mol. The smallest absolute Gasteiger partial charge is 0.294 e. The fourth-order valence-electron chi connectivity index (χ4n) is 3.05. The summed E-state index contributed by atoms with van der Waals surface area (Å²) in [6.45, 7) is 3.55. The second-order valence-corrected chi connectivity index (χ2v) is 8.18. The number of unbranched alkanes of at least 4 members (excludes halogenated alkanes) is 9. The normalized spacial score (nSPS) is 11.6. The van der Waals surface area contributed by atoms with Gasteiger partial charge in [-0.3, -0.25) is 9.35 Å². The Labute approximate surface area is 152 Å². The van der Waals surface area contributed by atoms with Crippen LogP contribution in [0.3, 0.4) is 0 Å². The highest BCUT2D eigenvalue weighted by Crippen LogP contribution is 2.20. The van der Waals surface area contributed by atoms with Gasteiger partial charge in [0.25, 0.3) is 10.1 Å². The molecule has 0 spiro atoms. The number of aryl methyl sites for hydroxylation is 1. The van der Waals surface area contributed by atoms with E-state index < -0.39 is 10.1 Å². The van der Waals surface area contributed by atoms with Gasteiger partial charge in [-0.05, 0) is 37.5 Å². The lowest BCUT2D eigenvalue weighted by Crippen LogP contribution is -2.07. The van der Waals surface area contributed by atoms with Crippen LogP contribution in [-0.2, 0) is 16.5 Å². The summed E-state index contributed by atoms with van der Waals surface area (Å²) in [5.41, 5.74) is 1.02. The average Bonchev–Trinajstić information content (AvgIpc) is 2.55. The van der Waals surface area contributed by atoms with E-state index in [1.165, 1.54) is 64.4 Å². The van der Waals surface area contributed by atoms with Gasteiger partial charge in [-0.1, -0.05) is 70.8 Å². The molecule has 0 aliphatic heterocycles. The Kier molecular flexibility index (Phi) is 9.98. The van der Waals surface area contributed by atoms with E-state index >= 15 is 0 Å². The highest BCUT2D eigenvalue weighted by atomic mass is 32.2. The maximum absolute atomic E-state index is 11.6. The van der Waals surface area contributed by atoms with Crippen LogP contribution in [-0.4, -0.2) is 18.8 Å². The number of hydrogen-bond donors (Lipinski definition) is 1. The van der Waals surface area contributed by atoms with Crippen LogP contribution in [0.2, 0.25) is 0 Å². The van der Waals surface area contributed by atoms with Crippen LogP contribution in [0.1, 0.15) is 94.0 Å². The van der Waals surface area contributed by atoms with Gasteiger partial charge >= 0.3 is 0 Å². The van der Waals surface area contributed by atoms with Gasteiger partial charge in [0, 0.05) is 5.56 Å². The third-order valence-corrected chi connectivity index (χ3v) is 5.43. The molecule has 0 aliphatic rings. The van der Waals surface area contributed by atoms with E-state index in [1.807, 2.05) is 0 Å². The Hall–Kier alpha value is -1.20. The number of Topliss-reactive ketones (excluding diaryl/α,β-unsaturated/α-hetero) is 1. The molecule has 1 N–H and O–H groups in total. The molecule has 142 valence electrons. The number of carbonyl (C=O) groups is 1. The maximum Gasteiger partial charge on any atom is 0.295 e. The molecule has 4 nitrogen and oxygen atoms in total. The zero-order valence-corrected chi connectivity index (χ0v) is 16.4. The minimum Gasteiger partial charge on any atom is -0.294 e. The quantitative estimate of drug-likeness (QED) is 0.279. The van der Waals surface area contributed by atoms with Gasteiger partial charge in [0.2, 0.25) is 0 Å². The fourth-order valence-corrected chi connectivity index (χ4v) is 3.77. The molecule has 25 heavy (non-hydrogen) atoms. The summed E-state index contributed by atoms with van der Waals surface area (Å²) < 4.78 is 31.8. The molecule has 0 saturated carbocycles. The molecule has 0 fully saturated rings. The van der Waals surface area contributed by atoms with Crippen LogP contribution in [0, 0.1) is 0 Å². The minimum atomic E-state index is -4.36. The molecular formula is C20H32O4S. The lowest BCUT2D eigenvalue weighted by Gasteiger charge is -2.08. The van der Waals surface area contributed by atoms with Crippen molar-refractivity contribution in [2.75, 3.05) is 0 Å². The largest absolute Gasteiger partial charge is 0.295 e. The zero-order chi connectivity index (χ0) is 18.7. The number of ketones is 1. The first-order valence-electron chi connectivity index (χ1n) is 9.47. The molecule has 0 unspecified atom stereocenters. The van der Waals surface area contributed by atoms with Crippen molar-refractivity contribution in [3.63, 3.8) is 0 Å². The SMILES string of the molecule is CCCCCCCCCCCCc1ccc(S(=O)(=O)O)c(C(C)=O)c1. The first-order valence-corrected chi connectivity index (χ1v) is 10.9. The first-order chi connectivity index (χ1) is 11.9. The van der Waals surface area contributed by atoms with Crippen molar-refractivity contribution < 1.29 is 17.8 Å². The third kappa shape index (κ3) is 8.63. The Morgan fingerprint density at radius 3 is 1.92 bits per heavy atom. The van der Waals surface area contributed by atoms with Crippen LogP contribution in [0.5, 0.6) is 0 Å². The zero-order valence-electron chi connectivity index (χ0n) is 15.6. The predicted molar refractivity (Wildman–Crippen MR) is 102 cm³/mol. The third-order valence-electron chi connectivity index (χ3n) is 4.52. The van der Waals surface area contributed by atoms with E-state index in [2.05, 4.69) is 6.92 Å². The van der Waals surface area contributed by atoms with Crippen molar-refractivity contribution >= 4 is 15.9 Å². The van der Waals surface area contributed by atoms with Gasteiger partial charge in [-0.25, -0.2) is 0 Å². The van der Waals surface area contributed by atoms with Gasteiger partial charge in [0.15, 0.2) is 5.78 Å². The number of benzene rings is 1. The van der Waals surface area contributed by atoms with Crippen molar-refractivity contribution in [3.05, 3.63) is 29.3 Å². The van der Waals surface area contributed by atoms with Gasteiger partial charge in [0.05, 0.1) is 0 Å². The maximum atomic E-state index is 11.6. The Balaban J connectivity index is 2.34. The average molecular weight is 369 g/mol. The van der Waals surface area contributed by atoms with Crippen LogP contribution in [0.25, 0.3) is 0 Å². The molecule has 0 aliphatic carbocycles. The van der Waals surface area contributed by atoms with Gasteiger partial charge in [-0.2, -0.15) is 8.42 Å². The fraction of sp³-hybridized carbons (Fsp3) is 0.650. The van der Waals surface area contributed by atoms with E-state index in [1.54, 1.807) is 12.1 Å². The lowest BCUT2D eigenvalue weighted by atomic mass is 10.0.